The Balaban J connectivity index is 1.98. The summed E-state index contributed by atoms with van der Waals surface area (Å²) in [6.07, 6.45) is 0. The summed E-state index contributed by atoms with van der Waals surface area (Å²) < 4.78 is 15.1. The summed E-state index contributed by atoms with van der Waals surface area (Å²) in [5.41, 5.74) is 2.48. The summed E-state index contributed by atoms with van der Waals surface area (Å²) in [4.78, 5) is 35.0. The first-order valence-electron chi connectivity index (χ1n) is 8.96. The standard InChI is InChI=1S/C23H21ClO6/c1-14(2)21(25)28-11-12-29-23(27)17-7-5-16(6-8-17)18-9-10-20(19(24)13-18)30-22(26)15(3)4/h5-10,13H,1,3,11-12H2,2,4H3. The molecule has 2 aromatic carbocycles. The zero-order valence-corrected chi connectivity index (χ0v) is 17.5. The summed E-state index contributed by atoms with van der Waals surface area (Å²) in [6.45, 7) is 9.97. The lowest BCUT2D eigenvalue weighted by Crippen LogP contribution is -2.14. The first-order chi connectivity index (χ1) is 14.2. The minimum Gasteiger partial charge on any atom is -0.459 e. The van der Waals surface area contributed by atoms with E-state index in [9.17, 15) is 14.4 Å². The van der Waals surface area contributed by atoms with Crippen LogP contribution < -0.4 is 4.74 Å². The van der Waals surface area contributed by atoms with Gasteiger partial charge in [0, 0.05) is 11.1 Å². The molecule has 0 aromatic heterocycles. The van der Waals surface area contributed by atoms with Gasteiger partial charge in [-0.25, -0.2) is 14.4 Å². The van der Waals surface area contributed by atoms with E-state index in [0.717, 1.165) is 11.1 Å². The highest BCUT2D eigenvalue weighted by Crippen LogP contribution is 2.31. The number of rotatable bonds is 8. The number of benzene rings is 2. The predicted octanol–water partition coefficient (Wildman–Crippen LogP) is 4.76. The summed E-state index contributed by atoms with van der Waals surface area (Å²) in [5.74, 6) is -1.38. The minimum absolute atomic E-state index is 0.0453. The van der Waals surface area contributed by atoms with Crippen molar-refractivity contribution in [1.29, 1.82) is 0 Å². The quantitative estimate of drug-likeness (QED) is 0.261. The Morgan fingerprint density at radius 3 is 1.97 bits per heavy atom. The summed E-state index contributed by atoms with van der Waals surface area (Å²) in [6, 6.07) is 11.7. The van der Waals surface area contributed by atoms with Crippen molar-refractivity contribution < 1.29 is 28.6 Å². The van der Waals surface area contributed by atoms with E-state index >= 15 is 0 Å². The monoisotopic (exact) mass is 428 g/mol. The maximum absolute atomic E-state index is 12.1. The van der Waals surface area contributed by atoms with Gasteiger partial charge in [0.15, 0.2) is 0 Å². The Kier molecular flexibility index (Phi) is 7.95. The molecule has 2 rings (SSSR count). The highest BCUT2D eigenvalue weighted by Gasteiger charge is 2.12. The lowest BCUT2D eigenvalue weighted by atomic mass is 10.0. The second-order valence-electron chi connectivity index (χ2n) is 6.44. The minimum atomic E-state index is -0.554. The molecule has 2 aromatic rings. The highest BCUT2D eigenvalue weighted by molar-refractivity contribution is 6.32. The van der Waals surface area contributed by atoms with Crippen LogP contribution in [0, 0.1) is 0 Å². The van der Waals surface area contributed by atoms with Crippen LogP contribution in [0.3, 0.4) is 0 Å². The molecule has 7 heteroatoms. The fourth-order valence-electron chi connectivity index (χ4n) is 2.22. The molecule has 0 aliphatic heterocycles. The van der Waals surface area contributed by atoms with E-state index in [-0.39, 0.29) is 35.1 Å². The smallest absolute Gasteiger partial charge is 0.338 e. The van der Waals surface area contributed by atoms with E-state index in [1.165, 1.54) is 6.92 Å². The average Bonchev–Trinajstić information content (AvgIpc) is 2.72. The summed E-state index contributed by atoms with van der Waals surface area (Å²) in [7, 11) is 0. The molecule has 0 saturated carbocycles. The second-order valence-corrected chi connectivity index (χ2v) is 6.85. The fourth-order valence-corrected chi connectivity index (χ4v) is 2.44. The highest BCUT2D eigenvalue weighted by atomic mass is 35.5. The SMILES string of the molecule is C=C(C)C(=O)OCCOC(=O)c1ccc(-c2ccc(OC(=O)C(=C)C)c(Cl)c2)cc1. The predicted molar refractivity (Wildman–Crippen MR) is 113 cm³/mol. The molecule has 0 amide bonds. The van der Waals surface area contributed by atoms with E-state index < -0.39 is 17.9 Å². The lowest BCUT2D eigenvalue weighted by molar-refractivity contribution is -0.140. The average molecular weight is 429 g/mol. The molecule has 30 heavy (non-hydrogen) atoms. The van der Waals surface area contributed by atoms with Gasteiger partial charge in [0.1, 0.15) is 19.0 Å². The molecule has 0 aliphatic rings. The van der Waals surface area contributed by atoms with Crippen LogP contribution in [0.5, 0.6) is 5.75 Å². The molecule has 0 saturated heterocycles. The number of carbonyl (C=O) groups excluding carboxylic acids is 3. The van der Waals surface area contributed by atoms with Crippen LogP contribution in [0.4, 0.5) is 0 Å². The molecule has 0 unspecified atom stereocenters. The summed E-state index contributed by atoms with van der Waals surface area (Å²) in [5, 5.41) is 0.273. The van der Waals surface area contributed by atoms with E-state index in [0.29, 0.717) is 5.56 Å². The van der Waals surface area contributed by atoms with Gasteiger partial charge in [0.2, 0.25) is 0 Å². The molecular weight excluding hydrogens is 408 g/mol. The van der Waals surface area contributed by atoms with E-state index in [2.05, 4.69) is 13.2 Å². The Bertz CT molecular complexity index is 991. The topological polar surface area (TPSA) is 78.9 Å². The van der Waals surface area contributed by atoms with Crippen molar-refractivity contribution in [3.63, 3.8) is 0 Å². The molecule has 0 N–H and O–H groups in total. The molecule has 0 fully saturated rings. The molecule has 156 valence electrons. The Morgan fingerprint density at radius 1 is 0.833 bits per heavy atom. The summed E-state index contributed by atoms with van der Waals surface area (Å²) >= 11 is 6.20. The lowest BCUT2D eigenvalue weighted by Gasteiger charge is -2.09. The Labute approximate surface area is 179 Å². The number of esters is 3. The maximum Gasteiger partial charge on any atom is 0.338 e. The van der Waals surface area contributed by atoms with Crippen LogP contribution in [0.1, 0.15) is 24.2 Å². The maximum atomic E-state index is 12.1. The van der Waals surface area contributed by atoms with Crippen LogP contribution in [-0.2, 0) is 19.1 Å². The van der Waals surface area contributed by atoms with Crippen molar-refractivity contribution in [3.05, 3.63) is 77.4 Å². The molecule has 0 bridgehead atoms. The zero-order chi connectivity index (χ0) is 22.3. The van der Waals surface area contributed by atoms with Crippen molar-refractivity contribution in [2.24, 2.45) is 0 Å². The van der Waals surface area contributed by atoms with Gasteiger partial charge in [-0.1, -0.05) is 43.0 Å². The first-order valence-corrected chi connectivity index (χ1v) is 9.34. The van der Waals surface area contributed by atoms with Gasteiger partial charge in [0.25, 0.3) is 0 Å². The zero-order valence-electron chi connectivity index (χ0n) is 16.7. The van der Waals surface area contributed by atoms with Crippen LogP contribution in [-0.4, -0.2) is 31.1 Å². The van der Waals surface area contributed by atoms with Gasteiger partial charge >= 0.3 is 17.9 Å². The van der Waals surface area contributed by atoms with Crippen LogP contribution in [0.25, 0.3) is 11.1 Å². The third-order valence-electron chi connectivity index (χ3n) is 3.84. The van der Waals surface area contributed by atoms with Gasteiger partial charge in [-0.05, 0) is 49.2 Å². The van der Waals surface area contributed by atoms with Crippen LogP contribution >= 0.6 is 11.6 Å². The van der Waals surface area contributed by atoms with Crippen molar-refractivity contribution in [1.82, 2.24) is 0 Å². The van der Waals surface area contributed by atoms with Gasteiger partial charge in [0.05, 0.1) is 10.6 Å². The molecular formula is C23H21ClO6. The van der Waals surface area contributed by atoms with Gasteiger partial charge < -0.3 is 14.2 Å². The van der Waals surface area contributed by atoms with E-state index in [4.69, 9.17) is 25.8 Å². The largest absolute Gasteiger partial charge is 0.459 e. The molecule has 0 aliphatic carbocycles. The molecule has 0 radical (unpaired) electrons. The van der Waals surface area contributed by atoms with Gasteiger partial charge in [-0.3, -0.25) is 0 Å². The number of hydrogen-bond donors (Lipinski definition) is 0. The van der Waals surface area contributed by atoms with Crippen LogP contribution in [0.2, 0.25) is 5.02 Å². The van der Waals surface area contributed by atoms with Crippen LogP contribution in [0.15, 0.2) is 66.8 Å². The van der Waals surface area contributed by atoms with E-state index in [1.54, 1.807) is 49.4 Å². The third-order valence-corrected chi connectivity index (χ3v) is 4.13. The van der Waals surface area contributed by atoms with E-state index in [1.807, 2.05) is 0 Å². The molecule has 0 atom stereocenters. The van der Waals surface area contributed by atoms with Crippen molar-refractivity contribution >= 4 is 29.5 Å². The number of hydrogen-bond acceptors (Lipinski definition) is 6. The third kappa shape index (κ3) is 6.32. The van der Waals surface area contributed by atoms with Crippen molar-refractivity contribution in [2.75, 3.05) is 13.2 Å². The molecule has 0 spiro atoms. The molecule has 0 heterocycles. The number of carbonyl (C=O) groups is 3. The van der Waals surface area contributed by atoms with Crippen molar-refractivity contribution in [2.45, 2.75) is 13.8 Å². The number of halogens is 1. The van der Waals surface area contributed by atoms with Gasteiger partial charge in [-0.2, -0.15) is 0 Å². The number of ether oxygens (including phenoxy) is 3. The first kappa shape index (κ1) is 22.9. The molecule has 6 nitrogen and oxygen atoms in total. The normalized spacial score (nSPS) is 10.1. The van der Waals surface area contributed by atoms with Crippen molar-refractivity contribution in [3.8, 4) is 16.9 Å². The Hall–Kier alpha value is -3.38. The Morgan fingerprint density at radius 2 is 1.40 bits per heavy atom. The fraction of sp³-hybridized carbons (Fsp3) is 0.174. The van der Waals surface area contributed by atoms with Gasteiger partial charge in [-0.15, -0.1) is 0 Å². The second kappa shape index (κ2) is 10.4.